The highest BCUT2D eigenvalue weighted by Crippen LogP contribution is 1.98. The molecular formula is C11H23N3O2. The Hall–Kier alpha value is -1.10. The Bertz CT molecular complexity index is 239. The molecule has 0 spiro atoms. The molecule has 0 rings (SSSR count). The summed E-state index contributed by atoms with van der Waals surface area (Å²) < 4.78 is 0. The quantitative estimate of drug-likeness (QED) is 0.643. The summed E-state index contributed by atoms with van der Waals surface area (Å²) in [6, 6.07) is 0.249. The fraction of sp³-hybridized carbons (Fsp3) is 0.818. The Morgan fingerprint density at radius 2 is 1.81 bits per heavy atom. The van der Waals surface area contributed by atoms with Gasteiger partial charge in [-0.2, -0.15) is 0 Å². The lowest BCUT2D eigenvalue weighted by Gasteiger charge is -2.23. The third-order valence-electron chi connectivity index (χ3n) is 1.95. The molecule has 0 aromatic heterocycles. The van der Waals surface area contributed by atoms with Crippen molar-refractivity contribution in [3.8, 4) is 0 Å². The van der Waals surface area contributed by atoms with Crippen LogP contribution in [0.1, 0.15) is 27.7 Å². The minimum absolute atomic E-state index is 0.00319. The number of amides is 2. The van der Waals surface area contributed by atoms with Gasteiger partial charge >= 0.3 is 0 Å². The monoisotopic (exact) mass is 229 g/mol. The van der Waals surface area contributed by atoms with E-state index >= 15 is 0 Å². The van der Waals surface area contributed by atoms with Crippen LogP contribution in [0.2, 0.25) is 0 Å². The van der Waals surface area contributed by atoms with E-state index < -0.39 is 5.91 Å². The molecule has 0 aliphatic rings. The zero-order valence-corrected chi connectivity index (χ0v) is 10.6. The maximum atomic E-state index is 11.8. The summed E-state index contributed by atoms with van der Waals surface area (Å²) >= 11 is 0. The second-order valence-electron chi connectivity index (χ2n) is 4.67. The summed E-state index contributed by atoms with van der Waals surface area (Å²) in [5, 5.41) is 3.03. The standard InChI is InChI=1S/C11H23N3O2/c1-8(2)6-14(7-10(12)15)11(16)5-13-9(3)4/h8-9,13H,5-7H2,1-4H3,(H2,12,15). The molecule has 0 bridgehead atoms. The van der Waals surface area contributed by atoms with Crippen LogP contribution in [0.3, 0.4) is 0 Å². The molecule has 0 saturated heterocycles. The first-order valence-corrected chi connectivity index (χ1v) is 5.62. The summed E-state index contributed by atoms with van der Waals surface area (Å²) in [7, 11) is 0. The van der Waals surface area contributed by atoms with Crippen LogP contribution in [0.4, 0.5) is 0 Å². The van der Waals surface area contributed by atoms with E-state index in [0.717, 1.165) is 0 Å². The van der Waals surface area contributed by atoms with Crippen molar-refractivity contribution < 1.29 is 9.59 Å². The number of hydrogen-bond donors (Lipinski definition) is 2. The van der Waals surface area contributed by atoms with Crippen molar-refractivity contribution in [3.63, 3.8) is 0 Å². The first-order valence-electron chi connectivity index (χ1n) is 5.62. The molecule has 2 amide bonds. The fourth-order valence-corrected chi connectivity index (χ4v) is 1.29. The van der Waals surface area contributed by atoms with Crippen molar-refractivity contribution in [2.75, 3.05) is 19.6 Å². The number of nitrogens with one attached hydrogen (secondary N) is 1. The van der Waals surface area contributed by atoms with E-state index in [1.165, 1.54) is 4.90 Å². The van der Waals surface area contributed by atoms with Crippen molar-refractivity contribution in [1.82, 2.24) is 10.2 Å². The molecule has 0 unspecified atom stereocenters. The summed E-state index contributed by atoms with van der Waals surface area (Å²) in [5.74, 6) is -0.234. The topological polar surface area (TPSA) is 75.4 Å². The van der Waals surface area contributed by atoms with Crippen molar-refractivity contribution in [2.24, 2.45) is 11.7 Å². The largest absolute Gasteiger partial charge is 0.368 e. The van der Waals surface area contributed by atoms with Gasteiger partial charge in [0.15, 0.2) is 0 Å². The van der Waals surface area contributed by atoms with Crippen molar-refractivity contribution in [3.05, 3.63) is 0 Å². The molecule has 0 aliphatic carbocycles. The van der Waals surface area contributed by atoms with Gasteiger partial charge in [-0.25, -0.2) is 0 Å². The van der Waals surface area contributed by atoms with Gasteiger partial charge in [0.2, 0.25) is 11.8 Å². The van der Waals surface area contributed by atoms with Crippen LogP contribution in [0.5, 0.6) is 0 Å². The number of rotatable bonds is 7. The zero-order valence-electron chi connectivity index (χ0n) is 10.6. The van der Waals surface area contributed by atoms with Gasteiger partial charge in [-0.05, 0) is 5.92 Å². The average molecular weight is 229 g/mol. The Labute approximate surface area is 97.4 Å². The average Bonchev–Trinajstić information content (AvgIpc) is 2.11. The second kappa shape index (κ2) is 7.22. The molecule has 16 heavy (non-hydrogen) atoms. The molecule has 0 aliphatic heterocycles. The van der Waals surface area contributed by atoms with Gasteiger partial charge in [0, 0.05) is 12.6 Å². The smallest absolute Gasteiger partial charge is 0.237 e. The summed E-state index contributed by atoms with van der Waals surface area (Å²) in [5.41, 5.74) is 5.11. The molecule has 0 heterocycles. The van der Waals surface area contributed by atoms with E-state index in [9.17, 15) is 9.59 Å². The molecule has 5 nitrogen and oxygen atoms in total. The molecule has 0 atom stereocenters. The number of nitrogens with two attached hydrogens (primary N) is 1. The summed E-state index contributed by atoms with van der Waals surface area (Å²) in [6.45, 7) is 8.73. The Morgan fingerprint density at radius 1 is 1.25 bits per heavy atom. The van der Waals surface area contributed by atoms with E-state index in [1.54, 1.807) is 0 Å². The van der Waals surface area contributed by atoms with Gasteiger partial charge in [0.05, 0.1) is 13.1 Å². The Morgan fingerprint density at radius 3 is 2.19 bits per heavy atom. The van der Waals surface area contributed by atoms with Crippen LogP contribution in [0.15, 0.2) is 0 Å². The maximum absolute atomic E-state index is 11.8. The van der Waals surface area contributed by atoms with E-state index in [2.05, 4.69) is 5.32 Å². The summed E-state index contributed by atoms with van der Waals surface area (Å²) in [6.07, 6.45) is 0. The van der Waals surface area contributed by atoms with Crippen LogP contribution in [-0.4, -0.2) is 42.4 Å². The van der Waals surface area contributed by atoms with E-state index in [4.69, 9.17) is 5.73 Å². The highest BCUT2D eigenvalue weighted by atomic mass is 16.2. The third-order valence-corrected chi connectivity index (χ3v) is 1.95. The highest BCUT2D eigenvalue weighted by Gasteiger charge is 2.16. The lowest BCUT2D eigenvalue weighted by Crippen LogP contribution is -2.45. The first-order chi connectivity index (χ1) is 7.32. The maximum Gasteiger partial charge on any atom is 0.237 e. The van der Waals surface area contributed by atoms with Crippen molar-refractivity contribution in [2.45, 2.75) is 33.7 Å². The van der Waals surface area contributed by atoms with Crippen LogP contribution in [-0.2, 0) is 9.59 Å². The summed E-state index contributed by atoms with van der Waals surface area (Å²) in [4.78, 5) is 24.1. The lowest BCUT2D eigenvalue weighted by atomic mass is 10.2. The highest BCUT2D eigenvalue weighted by molar-refractivity contribution is 5.84. The van der Waals surface area contributed by atoms with Crippen molar-refractivity contribution >= 4 is 11.8 Å². The van der Waals surface area contributed by atoms with Gasteiger partial charge in [-0.15, -0.1) is 0 Å². The predicted octanol–water partition coefficient (Wildman–Crippen LogP) is -0.0457. The van der Waals surface area contributed by atoms with Gasteiger partial charge in [-0.3, -0.25) is 9.59 Å². The molecule has 0 aromatic carbocycles. The minimum Gasteiger partial charge on any atom is -0.368 e. The van der Waals surface area contributed by atoms with Crippen LogP contribution in [0.25, 0.3) is 0 Å². The number of hydrogen-bond acceptors (Lipinski definition) is 3. The lowest BCUT2D eigenvalue weighted by molar-refractivity contribution is -0.135. The van der Waals surface area contributed by atoms with E-state index in [-0.39, 0.29) is 25.0 Å². The van der Waals surface area contributed by atoms with E-state index in [1.807, 2.05) is 27.7 Å². The fourth-order valence-electron chi connectivity index (χ4n) is 1.29. The van der Waals surface area contributed by atoms with Gasteiger partial charge in [0.25, 0.3) is 0 Å². The molecule has 0 saturated carbocycles. The normalized spacial score (nSPS) is 10.9. The minimum atomic E-state index is -0.474. The van der Waals surface area contributed by atoms with Crippen LogP contribution in [0, 0.1) is 5.92 Å². The molecule has 0 aromatic rings. The number of carbonyl (C=O) groups excluding carboxylic acids is 2. The number of nitrogens with zero attached hydrogens (tertiary/aromatic N) is 1. The molecule has 0 fully saturated rings. The van der Waals surface area contributed by atoms with Crippen LogP contribution >= 0.6 is 0 Å². The van der Waals surface area contributed by atoms with Gasteiger partial charge in [-0.1, -0.05) is 27.7 Å². The van der Waals surface area contributed by atoms with Crippen LogP contribution < -0.4 is 11.1 Å². The second-order valence-corrected chi connectivity index (χ2v) is 4.67. The zero-order chi connectivity index (χ0) is 12.7. The van der Waals surface area contributed by atoms with Gasteiger partial charge < -0.3 is 16.0 Å². The molecule has 0 radical (unpaired) electrons. The molecular weight excluding hydrogens is 206 g/mol. The predicted molar refractivity (Wildman–Crippen MR) is 63.8 cm³/mol. The molecule has 94 valence electrons. The Kier molecular flexibility index (Phi) is 6.72. The SMILES string of the molecule is CC(C)CN(CC(N)=O)C(=O)CNC(C)C. The van der Waals surface area contributed by atoms with Gasteiger partial charge in [0.1, 0.15) is 0 Å². The molecule has 3 N–H and O–H groups in total. The number of primary amides is 1. The first kappa shape index (κ1) is 14.9. The van der Waals surface area contributed by atoms with E-state index in [0.29, 0.717) is 12.5 Å². The van der Waals surface area contributed by atoms with Crippen molar-refractivity contribution in [1.29, 1.82) is 0 Å². The Balaban J connectivity index is 4.26. The third kappa shape index (κ3) is 7.23. The number of carbonyl (C=O) groups is 2. The molecule has 5 heteroatoms.